The third kappa shape index (κ3) is 4.67. The Morgan fingerprint density at radius 3 is 2.59 bits per heavy atom. The number of carbonyl (C=O) groups is 1. The van der Waals surface area contributed by atoms with E-state index in [-0.39, 0.29) is 11.0 Å². The molecule has 0 radical (unpaired) electrons. The molecule has 3 aromatic carbocycles. The Balaban J connectivity index is 1.36. The number of aromatic nitrogens is 1. The van der Waals surface area contributed by atoms with Crippen molar-refractivity contribution in [3.05, 3.63) is 95.4 Å². The lowest BCUT2D eigenvalue weighted by molar-refractivity contribution is 0.0977. The summed E-state index contributed by atoms with van der Waals surface area (Å²) in [5.74, 6) is 0.437. The highest BCUT2D eigenvalue weighted by Gasteiger charge is 2.09. The summed E-state index contributed by atoms with van der Waals surface area (Å²) in [6.45, 7) is 1.94. The van der Waals surface area contributed by atoms with Crippen LogP contribution >= 0.6 is 12.2 Å². The fourth-order valence-electron chi connectivity index (χ4n) is 3.00. The van der Waals surface area contributed by atoms with Gasteiger partial charge in [0.2, 0.25) is 0 Å². The van der Waals surface area contributed by atoms with E-state index in [4.69, 9.17) is 16.6 Å². The second-order valence-electron chi connectivity index (χ2n) is 6.73. The molecule has 1 aromatic heterocycles. The monoisotopic (exact) mass is 401 g/mol. The van der Waals surface area contributed by atoms with Crippen molar-refractivity contribution in [2.45, 2.75) is 13.3 Å². The number of para-hydroxylation sites is 2. The number of oxazole rings is 1. The van der Waals surface area contributed by atoms with Crippen molar-refractivity contribution in [1.29, 1.82) is 0 Å². The smallest absolute Gasteiger partial charge is 0.257 e. The number of fused-ring (bicyclic) bond motifs is 1. The van der Waals surface area contributed by atoms with Crippen molar-refractivity contribution in [2.24, 2.45) is 0 Å². The Hall–Kier alpha value is -3.51. The van der Waals surface area contributed by atoms with E-state index in [0.29, 0.717) is 17.9 Å². The number of nitrogens with zero attached hydrogens (tertiary/aromatic N) is 1. The Morgan fingerprint density at radius 2 is 1.83 bits per heavy atom. The van der Waals surface area contributed by atoms with E-state index in [1.165, 1.54) is 0 Å². The predicted molar refractivity (Wildman–Crippen MR) is 118 cm³/mol. The molecule has 144 valence electrons. The molecule has 0 bridgehead atoms. The lowest BCUT2D eigenvalue weighted by atomic mass is 10.1. The van der Waals surface area contributed by atoms with E-state index >= 15 is 0 Å². The largest absolute Gasteiger partial charge is 0.440 e. The van der Waals surface area contributed by atoms with Crippen molar-refractivity contribution >= 4 is 40.0 Å². The van der Waals surface area contributed by atoms with Gasteiger partial charge in [-0.3, -0.25) is 10.1 Å². The molecule has 0 spiro atoms. The van der Waals surface area contributed by atoms with Crippen molar-refractivity contribution in [3.8, 4) is 0 Å². The average Bonchev–Trinajstić information content (AvgIpc) is 3.11. The van der Waals surface area contributed by atoms with Gasteiger partial charge in [0.1, 0.15) is 5.52 Å². The van der Waals surface area contributed by atoms with Gasteiger partial charge in [0.15, 0.2) is 16.6 Å². The van der Waals surface area contributed by atoms with Crippen molar-refractivity contribution in [1.82, 2.24) is 10.3 Å². The number of anilines is 1. The molecular formula is C23H19N3O2S. The van der Waals surface area contributed by atoms with Crippen LogP contribution in [0.2, 0.25) is 0 Å². The number of hydrogen-bond acceptors (Lipinski definition) is 4. The van der Waals surface area contributed by atoms with Crippen molar-refractivity contribution < 1.29 is 9.21 Å². The fourth-order valence-corrected chi connectivity index (χ4v) is 3.21. The van der Waals surface area contributed by atoms with Crippen LogP contribution in [-0.2, 0) is 6.42 Å². The maximum absolute atomic E-state index is 12.3. The van der Waals surface area contributed by atoms with Crippen LogP contribution in [-0.4, -0.2) is 16.0 Å². The molecule has 4 aromatic rings. The molecule has 0 unspecified atom stereocenters. The van der Waals surface area contributed by atoms with Gasteiger partial charge in [0.25, 0.3) is 5.91 Å². The van der Waals surface area contributed by atoms with Gasteiger partial charge in [0.05, 0.1) is 0 Å². The van der Waals surface area contributed by atoms with Gasteiger partial charge in [-0.2, -0.15) is 0 Å². The minimum absolute atomic E-state index is 0.237. The van der Waals surface area contributed by atoms with Gasteiger partial charge in [-0.1, -0.05) is 42.0 Å². The van der Waals surface area contributed by atoms with Crippen LogP contribution in [0.5, 0.6) is 0 Å². The fraction of sp³-hybridized carbons (Fsp3) is 0.0870. The Labute approximate surface area is 173 Å². The second kappa shape index (κ2) is 8.24. The maximum atomic E-state index is 12.3. The summed E-state index contributed by atoms with van der Waals surface area (Å²) in [4.78, 5) is 16.8. The minimum Gasteiger partial charge on any atom is -0.440 e. The molecule has 0 saturated heterocycles. The van der Waals surface area contributed by atoms with Gasteiger partial charge in [-0.25, -0.2) is 4.98 Å². The van der Waals surface area contributed by atoms with Gasteiger partial charge in [-0.05, 0) is 61.1 Å². The summed E-state index contributed by atoms with van der Waals surface area (Å²) in [7, 11) is 0. The SMILES string of the molecule is Cc1cccc(C(=O)NC(=S)Nc2ccc(Cc3nc4ccccc4o3)cc2)c1. The molecule has 4 rings (SSSR count). The molecule has 0 aliphatic carbocycles. The third-order valence-electron chi connectivity index (χ3n) is 4.41. The van der Waals surface area contributed by atoms with Gasteiger partial charge in [0, 0.05) is 17.7 Å². The van der Waals surface area contributed by atoms with E-state index in [2.05, 4.69) is 15.6 Å². The number of rotatable bonds is 4. The molecule has 5 nitrogen and oxygen atoms in total. The Bertz CT molecular complexity index is 1150. The van der Waals surface area contributed by atoms with E-state index < -0.39 is 0 Å². The van der Waals surface area contributed by atoms with Crippen LogP contribution in [0.3, 0.4) is 0 Å². The van der Waals surface area contributed by atoms with Gasteiger partial charge >= 0.3 is 0 Å². The van der Waals surface area contributed by atoms with E-state index in [1.807, 2.05) is 73.7 Å². The molecule has 29 heavy (non-hydrogen) atoms. The van der Waals surface area contributed by atoms with Crippen LogP contribution in [0.25, 0.3) is 11.1 Å². The third-order valence-corrected chi connectivity index (χ3v) is 4.62. The highest BCUT2D eigenvalue weighted by atomic mass is 32.1. The van der Waals surface area contributed by atoms with Crippen LogP contribution in [0.4, 0.5) is 5.69 Å². The average molecular weight is 401 g/mol. The van der Waals surface area contributed by atoms with Gasteiger partial charge in [-0.15, -0.1) is 0 Å². The van der Waals surface area contributed by atoms with Crippen LogP contribution in [0, 0.1) is 6.92 Å². The zero-order chi connectivity index (χ0) is 20.2. The van der Waals surface area contributed by atoms with Crippen LogP contribution < -0.4 is 10.6 Å². The molecule has 1 heterocycles. The summed E-state index contributed by atoms with van der Waals surface area (Å²) in [5, 5.41) is 5.98. The first kappa shape index (κ1) is 18.8. The molecule has 0 atom stereocenters. The lowest BCUT2D eigenvalue weighted by Crippen LogP contribution is -2.34. The molecule has 1 amide bonds. The normalized spacial score (nSPS) is 10.7. The maximum Gasteiger partial charge on any atom is 0.257 e. The molecule has 0 saturated carbocycles. The standard InChI is InChI=1S/C23H19N3O2S/c1-15-5-4-6-17(13-15)22(27)26-23(29)24-18-11-9-16(10-12-18)14-21-25-19-7-2-3-8-20(19)28-21/h2-13H,14H2,1H3,(H2,24,26,27,29). The second-order valence-corrected chi connectivity index (χ2v) is 7.14. The number of carbonyl (C=O) groups excluding carboxylic acids is 1. The minimum atomic E-state index is -0.237. The zero-order valence-corrected chi connectivity index (χ0v) is 16.6. The summed E-state index contributed by atoms with van der Waals surface area (Å²) < 4.78 is 5.77. The summed E-state index contributed by atoms with van der Waals surface area (Å²) in [6.07, 6.45) is 0.601. The number of thiocarbonyl (C=S) groups is 1. The van der Waals surface area contributed by atoms with Gasteiger partial charge < -0.3 is 9.73 Å². The molecule has 0 aliphatic rings. The van der Waals surface area contributed by atoms with Crippen LogP contribution in [0.15, 0.2) is 77.2 Å². The van der Waals surface area contributed by atoms with Crippen molar-refractivity contribution in [3.63, 3.8) is 0 Å². The molecule has 0 fully saturated rings. The molecular weight excluding hydrogens is 382 g/mol. The first-order valence-electron chi connectivity index (χ1n) is 9.19. The Morgan fingerprint density at radius 1 is 1.03 bits per heavy atom. The highest BCUT2D eigenvalue weighted by molar-refractivity contribution is 7.80. The molecule has 0 aliphatic heterocycles. The van der Waals surface area contributed by atoms with E-state index in [0.717, 1.165) is 27.9 Å². The topological polar surface area (TPSA) is 67.2 Å². The summed E-state index contributed by atoms with van der Waals surface area (Å²) in [5.41, 5.74) is 5.09. The highest BCUT2D eigenvalue weighted by Crippen LogP contribution is 2.18. The molecule has 6 heteroatoms. The quantitative estimate of drug-likeness (QED) is 0.478. The molecule has 2 N–H and O–H groups in total. The number of benzene rings is 3. The lowest BCUT2D eigenvalue weighted by Gasteiger charge is -2.10. The summed E-state index contributed by atoms with van der Waals surface area (Å²) in [6, 6.07) is 22.8. The summed E-state index contributed by atoms with van der Waals surface area (Å²) >= 11 is 5.25. The first-order chi connectivity index (χ1) is 14.1. The number of amides is 1. The Kier molecular flexibility index (Phi) is 5.35. The number of hydrogen-bond donors (Lipinski definition) is 2. The zero-order valence-electron chi connectivity index (χ0n) is 15.8. The number of nitrogens with one attached hydrogen (secondary N) is 2. The van der Waals surface area contributed by atoms with Crippen LogP contribution in [0.1, 0.15) is 27.4 Å². The predicted octanol–water partition coefficient (Wildman–Crippen LogP) is 4.85. The van der Waals surface area contributed by atoms with E-state index in [9.17, 15) is 4.79 Å². The number of aryl methyl sites for hydroxylation is 1. The van der Waals surface area contributed by atoms with E-state index in [1.54, 1.807) is 6.07 Å². The first-order valence-corrected chi connectivity index (χ1v) is 9.60. The van der Waals surface area contributed by atoms with Crippen molar-refractivity contribution in [2.75, 3.05) is 5.32 Å².